The van der Waals surface area contributed by atoms with Crippen molar-refractivity contribution in [2.24, 2.45) is 0 Å². The van der Waals surface area contributed by atoms with E-state index in [1.54, 1.807) is 11.8 Å². The fourth-order valence-electron chi connectivity index (χ4n) is 2.43. The van der Waals surface area contributed by atoms with Gasteiger partial charge in [0.25, 0.3) is 0 Å². The summed E-state index contributed by atoms with van der Waals surface area (Å²) in [6.07, 6.45) is 0.401. The topological polar surface area (TPSA) is 71.2 Å². The van der Waals surface area contributed by atoms with E-state index in [-0.39, 0.29) is 5.91 Å². The first-order valence-electron chi connectivity index (χ1n) is 7.14. The molecular weight excluding hydrogens is 300 g/mol. The van der Waals surface area contributed by atoms with Gasteiger partial charge in [0.15, 0.2) is 0 Å². The van der Waals surface area contributed by atoms with Gasteiger partial charge in [0, 0.05) is 24.2 Å². The van der Waals surface area contributed by atoms with Gasteiger partial charge in [0.05, 0.1) is 12.1 Å². The van der Waals surface area contributed by atoms with Crippen molar-refractivity contribution in [3.63, 3.8) is 0 Å². The number of nitrogens with one attached hydrogen (secondary N) is 2. The molecule has 0 spiro atoms. The molecule has 1 aromatic heterocycles. The number of hydrogen-bond donors (Lipinski definition) is 2. The molecule has 1 atom stereocenters. The molecule has 6 heteroatoms. The first-order valence-corrected chi connectivity index (χ1v) is 8.12. The molecule has 0 unspecified atom stereocenters. The fourth-order valence-corrected chi connectivity index (χ4v) is 3.27. The van der Waals surface area contributed by atoms with Gasteiger partial charge < -0.3 is 15.0 Å². The Balaban J connectivity index is 2.40. The quantitative estimate of drug-likeness (QED) is 0.634. The zero-order chi connectivity index (χ0) is 16.1. The molecule has 0 aliphatic heterocycles. The number of esters is 1. The van der Waals surface area contributed by atoms with Gasteiger partial charge in [-0.3, -0.25) is 4.79 Å². The van der Waals surface area contributed by atoms with E-state index >= 15 is 0 Å². The second-order valence-corrected chi connectivity index (χ2v) is 6.17. The highest BCUT2D eigenvalue weighted by atomic mass is 32.2. The molecule has 0 bridgehead atoms. The maximum Gasteiger partial charge on any atom is 0.328 e. The van der Waals surface area contributed by atoms with Crippen molar-refractivity contribution in [1.82, 2.24) is 10.3 Å². The van der Waals surface area contributed by atoms with Crippen molar-refractivity contribution in [2.45, 2.75) is 31.3 Å². The molecule has 22 heavy (non-hydrogen) atoms. The van der Waals surface area contributed by atoms with Crippen LogP contribution in [0.25, 0.3) is 10.9 Å². The van der Waals surface area contributed by atoms with Crippen molar-refractivity contribution < 1.29 is 14.3 Å². The van der Waals surface area contributed by atoms with E-state index in [1.165, 1.54) is 14.0 Å². The highest BCUT2D eigenvalue weighted by Gasteiger charge is 2.24. The fraction of sp³-hybridized carbons (Fsp3) is 0.375. The van der Waals surface area contributed by atoms with Crippen LogP contribution in [0.1, 0.15) is 19.4 Å². The third-order valence-corrected chi connectivity index (χ3v) is 4.26. The number of rotatable bonds is 6. The van der Waals surface area contributed by atoms with Crippen LogP contribution in [-0.4, -0.2) is 35.8 Å². The van der Waals surface area contributed by atoms with Gasteiger partial charge in [-0.1, -0.05) is 25.1 Å². The number of fused-ring (bicyclic) bond motifs is 1. The minimum Gasteiger partial charge on any atom is -0.467 e. The van der Waals surface area contributed by atoms with Gasteiger partial charge in [0.1, 0.15) is 6.04 Å². The number of H-pyrrole nitrogens is 1. The molecule has 0 aliphatic rings. The Morgan fingerprint density at radius 2 is 2.09 bits per heavy atom. The van der Waals surface area contributed by atoms with Crippen LogP contribution in [0.4, 0.5) is 0 Å². The monoisotopic (exact) mass is 320 g/mol. The number of carbonyl (C=O) groups is 2. The minimum absolute atomic E-state index is 0.250. The number of aromatic amines is 1. The summed E-state index contributed by atoms with van der Waals surface area (Å²) < 4.78 is 4.80. The number of thioether (sulfide) groups is 1. The molecule has 0 saturated heterocycles. The first-order chi connectivity index (χ1) is 10.6. The maximum atomic E-state index is 11.9. The Kier molecular flexibility index (Phi) is 5.49. The Hall–Kier alpha value is -1.95. The predicted molar refractivity (Wildman–Crippen MR) is 88.0 cm³/mol. The minimum atomic E-state index is -0.682. The Labute approximate surface area is 133 Å². The van der Waals surface area contributed by atoms with Gasteiger partial charge in [-0.25, -0.2) is 4.79 Å². The van der Waals surface area contributed by atoms with Crippen molar-refractivity contribution in [1.29, 1.82) is 0 Å². The highest BCUT2D eigenvalue weighted by Crippen LogP contribution is 2.30. The molecule has 1 amide bonds. The SMILES string of the molecule is CCSc1[nH]c2ccccc2c1C[C@H](NC(C)=O)C(=O)OC. The van der Waals surface area contributed by atoms with Crippen LogP contribution in [0, 0.1) is 0 Å². The number of aromatic nitrogens is 1. The van der Waals surface area contributed by atoms with Crippen LogP contribution >= 0.6 is 11.8 Å². The average Bonchev–Trinajstić information content (AvgIpc) is 2.83. The number of hydrogen-bond acceptors (Lipinski definition) is 4. The van der Waals surface area contributed by atoms with Gasteiger partial charge >= 0.3 is 5.97 Å². The molecule has 1 aromatic carbocycles. The molecule has 5 nitrogen and oxygen atoms in total. The summed E-state index contributed by atoms with van der Waals surface area (Å²) in [6.45, 7) is 3.47. The van der Waals surface area contributed by atoms with Gasteiger partial charge in [-0.05, 0) is 17.4 Å². The summed E-state index contributed by atoms with van der Waals surface area (Å²) >= 11 is 1.69. The molecular formula is C16H20N2O3S. The lowest BCUT2D eigenvalue weighted by Crippen LogP contribution is -2.42. The number of methoxy groups -OCH3 is 1. The van der Waals surface area contributed by atoms with Crippen molar-refractivity contribution in [2.75, 3.05) is 12.9 Å². The van der Waals surface area contributed by atoms with E-state index in [1.807, 2.05) is 24.3 Å². The van der Waals surface area contributed by atoms with Crippen LogP contribution in [0.15, 0.2) is 29.3 Å². The van der Waals surface area contributed by atoms with Crippen molar-refractivity contribution >= 4 is 34.5 Å². The Morgan fingerprint density at radius 3 is 2.73 bits per heavy atom. The van der Waals surface area contributed by atoms with E-state index in [0.29, 0.717) is 6.42 Å². The third-order valence-electron chi connectivity index (χ3n) is 3.33. The lowest BCUT2D eigenvalue weighted by molar-refractivity contribution is -0.144. The summed E-state index contributed by atoms with van der Waals surface area (Å²) in [5, 5.41) is 4.76. The molecule has 2 N–H and O–H groups in total. The molecule has 2 aromatic rings. The van der Waals surface area contributed by atoms with Crippen LogP contribution in [0.5, 0.6) is 0 Å². The average molecular weight is 320 g/mol. The zero-order valence-corrected chi connectivity index (χ0v) is 13.8. The highest BCUT2D eigenvalue weighted by molar-refractivity contribution is 7.99. The largest absolute Gasteiger partial charge is 0.467 e. The number of carbonyl (C=O) groups excluding carboxylic acids is 2. The second-order valence-electron chi connectivity index (χ2n) is 4.89. The smallest absolute Gasteiger partial charge is 0.328 e. The van der Waals surface area contributed by atoms with Crippen LogP contribution < -0.4 is 5.32 Å². The van der Waals surface area contributed by atoms with Crippen LogP contribution in [0.3, 0.4) is 0 Å². The Bertz CT molecular complexity index is 681. The molecule has 0 radical (unpaired) electrons. The van der Waals surface area contributed by atoms with Crippen LogP contribution in [-0.2, 0) is 20.7 Å². The van der Waals surface area contributed by atoms with Crippen molar-refractivity contribution in [3.05, 3.63) is 29.8 Å². The first kappa shape index (κ1) is 16.4. The summed E-state index contributed by atoms with van der Waals surface area (Å²) in [6, 6.07) is 7.27. The number of para-hydroxylation sites is 1. The normalized spacial score (nSPS) is 12.1. The molecule has 118 valence electrons. The molecule has 2 rings (SSSR count). The predicted octanol–water partition coefficient (Wildman–Crippen LogP) is 2.50. The number of benzene rings is 1. The lowest BCUT2D eigenvalue weighted by atomic mass is 10.0. The van der Waals surface area contributed by atoms with Crippen molar-refractivity contribution in [3.8, 4) is 0 Å². The number of ether oxygens (including phenoxy) is 1. The molecule has 0 saturated carbocycles. The van der Waals surface area contributed by atoms with Gasteiger partial charge in [-0.2, -0.15) is 0 Å². The van der Waals surface area contributed by atoms with E-state index in [9.17, 15) is 9.59 Å². The zero-order valence-electron chi connectivity index (χ0n) is 12.9. The second kappa shape index (κ2) is 7.35. The number of amides is 1. The lowest BCUT2D eigenvalue weighted by Gasteiger charge is -2.16. The van der Waals surface area contributed by atoms with E-state index in [2.05, 4.69) is 17.2 Å². The maximum absolute atomic E-state index is 11.9. The summed E-state index contributed by atoms with van der Waals surface area (Å²) in [5.41, 5.74) is 2.06. The van der Waals surface area contributed by atoms with Crippen LogP contribution in [0.2, 0.25) is 0 Å². The van der Waals surface area contributed by atoms with E-state index in [4.69, 9.17) is 4.74 Å². The molecule has 0 aliphatic carbocycles. The summed E-state index contributed by atoms with van der Waals surface area (Å²) in [5.74, 6) is 0.232. The summed E-state index contributed by atoms with van der Waals surface area (Å²) in [4.78, 5) is 26.6. The van der Waals surface area contributed by atoms with Gasteiger partial charge in [0.2, 0.25) is 5.91 Å². The Morgan fingerprint density at radius 1 is 1.36 bits per heavy atom. The van der Waals surface area contributed by atoms with E-state index in [0.717, 1.165) is 27.2 Å². The summed E-state index contributed by atoms with van der Waals surface area (Å²) in [7, 11) is 1.33. The van der Waals surface area contributed by atoms with Gasteiger partial charge in [-0.15, -0.1) is 11.8 Å². The van der Waals surface area contributed by atoms with E-state index < -0.39 is 12.0 Å². The standard InChI is InChI=1S/C16H20N2O3S/c1-4-22-15-12(11-7-5-6-8-13(11)18-15)9-14(16(20)21-3)17-10(2)19/h5-8,14,18H,4,9H2,1-3H3,(H,17,19)/t14-/m0/s1. The molecule has 0 fully saturated rings. The third kappa shape index (κ3) is 3.62. The molecule has 1 heterocycles.